The molecular weight excluding hydrogens is 430 g/mol. The average molecular weight is 466 g/mol. The molecule has 35 heavy (non-hydrogen) atoms. The Morgan fingerprint density at radius 1 is 0.857 bits per heavy atom. The first-order valence-corrected chi connectivity index (χ1v) is 12.6. The van der Waals surface area contributed by atoms with Crippen LogP contribution in [-0.4, -0.2) is 5.91 Å². The Labute approximate surface area is 208 Å². The number of amides is 1. The van der Waals surface area contributed by atoms with E-state index in [4.69, 9.17) is 4.42 Å². The van der Waals surface area contributed by atoms with Crippen molar-refractivity contribution >= 4 is 16.7 Å². The maximum absolute atomic E-state index is 12.8. The van der Waals surface area contributed by atoms with E-state index in [-0.39, 0.29) is 16.7 Å². The van der Waals surface area contributed by atoms with Crippen molar-refractivity contribution in [1.29, 1.82) is 0 Å². The Morgan fingerprint density at radius 3 is 2.31 bits per heavy atom. The molecule has 1 N–H and O–H groups in total. The largest absolute Gasteiger partial charge is 0.456 e. The average Bonchev–Trinajstić information content (AvgIpc) is 3.30. The van der Waals surface area contributed by atoms with Crippen LogP contribution in [0, 0.1) is 6.92 Å². The number of fused-ring (bicyclic) bond motifs is 2. The number of furan rings is 1. The number of hydrogen-bond donors (Lipinski definition) is 1. The second-order valence-corrected chi connectivity index (χ2v) is 11.4. The van der Waals surface area contributed by atoms with Crippen LogP contribution in [0.4, 0.5) is 0 Å². The van der Waals surface area contributed by atoms with Gasteiger partial charge in [-0.3, -0.25) is 4.79 Å². The van der Waals surface area contributed by atoms with Gasteiger partial charge in [0, 0.05) is 13.0 Å². The lowest BCUT2D eigenvalue weighted by Gasteiger charge is -2.42. The van der Waals surface area contributed by atoms with Crippen LogP contribution < -0.4 is 5.32 Å². The summed E-state index contributed by atoms with van der Waals surface area (Å²) in [4.78, 5) is 12.8. The van der Waals surface area contributed by atoms with E-state index in [1.54, 1.807) is 6.07 Å². The molecule has 0 bridgehead atoms. The lowest BCUT2D eigenvalue weighted by Crippen LogP contribution is -2.34. The SMILES string of the molecule is Cc1cc2c(cc1Cc1ccc(C(=O)NCc3cccc4ccccc34)o1)C(C)(C)CCC2(C)C. The molecule has 1 heterocycles. The Balaban J connectivity index is 1.32. The minimum Gasteiger partial charge on any atom is -0.456 e. The van der Waals surface area contributed by atoms with Gasteiger partial charge in [-0.1, -0.05) is 82.3 Å². The van der Waals surface area contributed by atoms with Crippen LogP contribution in [0.1, 0.15) is 84.7 Å². The maximum atomic E-state index is 12.8. The van der Waals surface area contributed by atoms with Crippen LogP contribution in [-0.2, 0) is 23.8 Å². The summed E-state index contributed by atoms with van der Waals surface area (Å²) in [6, 6.07) is 22.9. The molecule has 0 atom stereocenters. The van der Waals surface area contributed by atoms with E-state index in [9.17, 15) is 4.79 Å². The van der Waals surface area contributed by atoms with Gasteiger partial charge in [-0.15, -0.1) is 0 Å². The van der Waals surface area contributed by atoms with E-state index in [1.807, 2.05) is 24.3 Å². The summed E-state index contributed by atoms with van der Waals surface area (Å²) in [5.74, 6) is 0.989. The van der Waals surface area contributed by atoms with Gasteiger partial charge in [-0.05, 0) is 81.3 Å². The van der Waals surface area contributed by atoms with E-state index in [1.165, 1.54) is 40.5 Å². The molecule has 5 rings (SSSR count). The van der Waals surface area contributed by atoms with Gasteiger partial charge < -0.3 is 9.73 Å². The predicted octanol–water partition coefficient (Wildman–Crippen LogP) is 7.61. The third-order valence-corrected chi connectivity index (χ3v) is 7.88. The van der Waals surface area contributed by atoms with Gasteiger partial charge in [0.1, 0.15) is 5.76 Å². The number of nitrogens with one attached hydrogen (secondary N) is 1. The monoisotopic (exact) mass is 465 g/mol. The first-order chi connectivity index (χ1) is 16.6. The summed E-state index contributed by atoms with van der Waals surface area (Å²) < 4.78 is 6.01. The Morgan fingerprint density at radius 2 is 1.54 bits per heavy atom. The van der Waals surface area contributed by atoms with E-state index in [2.05, 4.69) is 76.3 Å². The smallest absolute Gasteiger partial charge is 0.287 e. The molecule has 0 fully saturated rings. The molecule has 0 saturated heterocycles. The van der Waals surface area contributed by atoms with Crippen molar-refractivity contribution in [2.45, 2.75) is 71.3 Å². The molecule has 0 spiro atoms. The van der Waals surface area contributed by atoms with Crippen molar-refractivity contribution in [3.05, 3.63) is 106 Å². The molecule has 1 aromatic heterocycles. The molecular formula is C32H35NO2. The molecule has 3 aromatic carbocycles. The Bertz CT molecular complexity index is 1400. The summed E-state index contributed by atoms with van der Waals surface area (Å²) in [7, 11) is 0. The van der Waals surface area contributed by atoms with Gasteiger partial charge in [-0.2, -0.15) is 0 Å². The molecule has 3 nitrogen and oxygen atoms in total. The number of benzene rings is 3. The van der Waals surface area contributed by atoms with Crippen LogP contribution in [0.25, 0.3) is 10.8 Å². The summed E-state index contributed by atoms with van der Waals surface area (Å²) in [6.07, 6.45) is 3.09. The van der Waals surface area contributed by atoms with E-state index in [0.717, 1.165) is 16.7 Å². The topological polar surface area (TPSA) is 42.2 Å². The fourth-order valence-electron chi connectivity index (χ4n) is 5.45. The zero-order valence-electron chi connectivity index (χ0n) is 21.5. The zero-order chi connectivity index (χ0) is 24.8. The van der Waals surface area contributed by atoms with Crippen LogP contribution in [0.5, 0.6) is 0 Å². The summed E-state index contributed by atoms with van der Waals surface area (Å²) in [5.41, 5.74) is 6.95. The van der Waals surface area contributed by atoms with Gasteiger partial charge in [0.2, 0.25) is 0 Å². The lowest BCUT2D eigenvalue weighted by atomic mass is 9.62. The highest BCUT2D eigenvalue weighted by Gasteiger charge is 2.37. The van der Waals surface area contributed by atoms with E-state index >= 15 is 0 Å². The fraction of sp³-hybridized carbons (Fsp3) is 0.344. The van der Waals surface area contributed by atoms with Crippen LogP contribution in [0.2, 0.25) is 0 Å². The minimum absolute atomic E-state index is 0.170. The lowest BCUT2D eigenvalue weighted by molar-refractivity contribution is 0.0921. The normalized spacial score (nSPS) is 16.1. The molecule has 0 aliphatic heterocycles. The maximum Gasteiger partial charge on any atom is 0.287 e. The Hall–Kier alpha value is -3.33. The molecule has 0 saturated carbocycles. The van der Waals surface area contributed by atoms with Gasteiger partial charge in [0.25, 0.3) is 5.91 Å². The summed E-state index contributed by atoms with van der Waals surface area (Å²) >= 11 is 0. The Kier molecular flexibility index (Phi) is 5.83. The highest BCUT2D eigenvalue weighted by atomic mass is 16.3. The third kappa shape index (κ3) is 4.52. The summed E-state index contributed by atoms with van der Waals surface area (Å²) in [6.45, 7) is 12.1. The highest BCUT2D eigenvalue weighted by molar-refractivity contribution is 5.92. The highest BCUT2D eigenvalue weighted by Crippen LogP contribution is 2.46. The van der Waals surface area contributed by atoms with Gasteiger partial charge in [0.05, 0.1) is 0 Å². The van der Waals surface area contributed by atoms with Crippen molar-refractivity contribution in [3.63, 3.8) is 0 Å². The molecule has 1 aliphatic rings. The third-order valence-electron chi connectivity index (χ3n) is 7.88. The second-order valence-electron chi connectivity index (χ2n) is 11.4. The van der Waals surface area contributed by atoms with Crippen molar-refractivity contribution < 1.29 is 9.21 Å². The molecule has 1 aliphatic carbocycles. The number of rotatable bonds is 5. The standard InChI is InChI=1S/C32H35NO2/c1-21-17-27-28(32(4,5)16-15-31(27,2)3)19-24(21)18-25-13-14-29(35-25)30(34)33-20-23-11-8-10-22-9-6-7-12-26(22)23/h6-14,17,19H,15-16,18,20H2,1-5H3,(H,33,34). The fourth-order valence-corrected chi connectivity index (χ4v) is 5.45. The van der Waals surface area contributed by atoms with Crippen LogP contribution >= 0.6 is 0 Å². The molecule has 3 heteroatoms. The minimum atomic E-state index is -0.186. The van der Waals surface area contributed by atoms with E-state index < -0.39 is 0 Å². The number of hydrogen-bond acceptors (Lipinski definition) is 2. The van der Waals surface area contributed by atoms with Crippen molar-refractivity contribution in [3.8, 4) is 0 Å². The van der Waals surface area contributed by atoms with Gasteiger partial charge in [-0.25, -0.2) is 0 Å². The molecule has 180 valence electrons. The first kappa shape index (κ1) is 23.4. The molecule has 0 radical (unpaired) electrons. The predicted molar refractivity (Wildman–Crippen MR) is 143 cm³/mol. The number of carbonyl (C=O) groups excluding carboxylic acids is 1. The van der Waals surface area contributed by atoms with Crippen molar-refractivity contribution in [2.75, 3.05) is 0 Å². The second kappa shape index (κ2) is 8.71. The first-order valence-electron chi connectivity index (χ1n) is 12.6. The molecule has 0 unspecified atom stereocenters. The van der Waals surface area contributed by atoms with Gasteiger partial charge in [0.15, 0.2) is 5.76 Å². The van der Waals surface area contributed by atoms with Crippen LogP contribution in [0.15, 0.2) is 71.1 Å². The molecule has 4 aromatic rings. The molecule has 1 amide bonds. The van der Waals surface area contributed by atoms with Crippen molar-refractivity contribution in [2.24, 2.45) is 0 Å². The zero-order valence-corrected chi connectivity index (χ0v) is 21.5. The summed E-state index contributed by atoms with van der Waals surface area (Å²) in [5, 5.41) is 5.35. The quantitative estimate of drug-likeness (QED) is 0.329. The van der Waals surface area contributed by atoms with Gasteiger partial charge >= 0.3 is 0 Å². The van der Waals surface area contributed by atoms with E-state index in [0.29, 0.717) is 18.7 Å². The number of carbonyl (C=O) groups is 1. The number of aryl methyl sites for hydroxylation is 1. The van der Waals surface area contributed by atoms with Crippen LogP contribution in [0.3, 0.4) is 0 Å². The van der Waals surface area contributed by atoms with Crippen molar-refractivity contribution in [1.82, 2.24) is 5.32 Å².